The van der Waals surface area contributed by atoms with Crippen molar-refractivity contribution in [2.24, 2.45) is 4.99 Å². The number of rotatable bonds is 7. The Balaban J connectivity index is 0.00000261. The predicted octanol–water partition coefficient (Wildman–Crippen LogP) is 2.77. The zero-order valence-corrected chi connectivity index (χ0v) is 18.6. The SMILES string of the molecule is CN=C(NCCCCn1cnnc1)NC1CCN(c2cccc(Cl)c2)C1.I. The second kappa shape index (κ2) is 11.3. The Kier molecular flexibility index (Phi) is 9.12. The zero-order valence-electron chi connectivity index (χ0n) is 15.5. The molecule has 27 heavy (non-hydrogen) atoms. The van der Waals surface area contributed by atoms with Gasteiger partial charge in [0.15, 0.2) is 5.96 Å². The molecule has 1 atom stereocenters. The number of nitrogens with one attached hydrogen (secondary N) is 2. The number of aliphatic imine (C=N–C) groups is 1. The van der Waals surface area contributed by atoms with Gasteiger partial charge in [-0.05, 0) is 37.5 Å². The lowest BCUT2D eigenvalue weighted by Crippen LogP contribution is -2.44. The summed E-state index contributed by atoms with van der Waals surface area (Å²) in [7, 11) is 1.82. The number of guanidine groups is 1. The van der Waals surface area contributed by atoms with Gasteiger partial charge in [-0.2, -0.15) is 0 Å². The minimum Gasteiger partial charge on any atom is -0.369 e. The van der Waals surface area contributed by atoms with E-state index in [1.807, 2.05) is 29.8 Å². The third-order valence-corrected chi connectivity index (χ3v) is 4.76. The number of halogens is 2. The minimum atomic E-state index is 0. The normalized spacial score (nSPS) is 16.9. The van der Waals surface area contributed by atoms with Gasteiger partial charge in [0.1, 0.15) is 12.7 Å². The predicted molar refractivity (Wildman–Crippen MR) is 121 cm³/mol. The lowest BCUT2D eigenvalue weighted by Gasteiger charge is -2.20. The van der Waals surface area contributed by atoms with Gasteiger partial charge >= 0.3 is 0 Å². The van der Waals surface area contributed by atoms with Crippen LogP contribution in [0.2, 0.25) is 5.02 Å². The molecular weight excluding hydrogens is 477 g/mol. The molecule has 1 saturated heterocycles. The van der Waals surface area contributed by atoms with E-state index in [1.165, 1.54) is 5.69 Å². The summed E-state index contributed by atoms with van der Waals surface area (Å²) in [6, 6.07) is 8.42. The fourth-order valence-corrected chi connectivity index (χ4v) is 3.32. The summed E-state index contributed by atoms with van der Waals surface area (Å²) >= 11 is 6.10. The molecule has 1 aromatic carbocycles. The van der Waals surface area contributed by atoms with Crippen LogP contribution in [-0.4, -0.2) is 53.4 Å². The van der Waals surface area contributed by atoms with E-state index in [0.717, 1.165) is 56.4 Å². The summed E-state index contributed by atoms with van der Waals surface area (Å²) < 4.78 is 2.00. The molecule has 1 unspecified atom stereocenters. The highest BCUT2D eigenvalue weighted by molar-refractivity contribution is 14.0. The van der Waals surface area contributed by atoms with Crippen LogP contribution in [0.15, 0.2) is 41.9 Å². The van der Waals surface area contributed by atoms with E-state index < -0.39 is 0 Å². The van der Waals surface area contributed by atoms with Crippen molar-refractivity contribution in [3.63, 3.8) is 0 Å². The van der Waals surface area contributed by atoms with Crippen molar-refractivity contribution in [2.45, 2.75) is 31.8 Å². The van der Waals surface area contributed by atoms with Crippen LogP contribution in [0.3, 0.4) is 0 Å². The highest BCUT2D eigenvalue weighted by Crippen LogP contribution is 2.23. The van der Waals surface area contributed by atoms with Crippen LogP contribution in [-0.2, 0) is 6.54 Å². The van der Waals surface area contributed by atoms with Crippen molar-refractivity contribution < 1.29 is 0 Å². The summed E-state index contributed by atoms with van der Waals surface area (Å²) in [5.74, 6) is 0.868. The van der Waals surface area contributed by atoms with Crippen molar-refractivity contribution in [3.8, 4) is 0 Å². The second-order valence-electron chi connectivity index (χ2n) is 6.46. The summed E-state index contributed by atoms with van der Waals surface area (Å²) in [4.78, 5) is 6.70. The van der Waals surface area contributed by atoms with Gasteiger partial charge in [-0.3, -0.25) is 4.99 Å². The molecule has 1 fully saturated rings. The van der Waals surface area contributed by atoms with Gasteiger partial charge in [0.25, 0.3) is 0 Å². The standard InChI is InChI=1S/C18H26ClN7.HI/c1-20-18(21-8-2-3-9-25-13-22-23-14-25)24-16-7-10-26(12-16)17-6-4-5-15(19)11-17;/h4-6,11,13-14,16H,2-3,7-10,12H2,1H3,(H2,20,21,24);1H. The van der Waals surface area contributed by atoms with Crippen molar-refractivity contribution in [1.82, 2.24) is 25.4 Å². The Morgan fingerprint density at radius 3 is 2.85 bits per heavy atom. The lowest BCUT2D eigenvalue weighted by molar-refractivity contribution is 0.590. The molecule has 2 aromatic rings. The third-order valence-electron chi connectivity index (χ3n) is 4.53. The van der Waals surface area contributed by atoms with E-state index in [4.69, 9.17) is 11.6 Å². The molecule has 0 amide bonds. The Bertz CT molecular complexity index is 707. The molecule has 2 N–H and O–H groups in total. The van der Waals surface area contributed by atoms with E-state index in [9.17, 15) is 0 Å². The molecule has 7 nitrogen and oxygen atoms in total. The largest absolute Gasteiger partial charge is 0.369 e. The molecule has 0 bridgehead atoms. The maximum absolute atomic E-state index is 6.10. The second-order valence-corrected chi connectivity index (χ2v) is 6.90. The highest BCUT2D eigenvalue weighted by Gasteiger charge is 2.23. The van der Waals surface area contributed by atoms with Crippen molar-refractivity contribution in [2.75, 3.05) is 31.6 Å². The van der Waals surface area contributed by atoms with Crippen LogP contribution < -0.4 is 15.5 Å². The summed E-state index contributed by atoms with van der Waals surface area (Å²) in [6.07, 6.45) is 6.73. The molecule has 9 heteroatoms. The summed E-state index contributed by atoms with van der Waals surface area (Å²) in [5, 5.41) is 15.3. The average molecular weight is 504 g/mol. The molecule has 0 spiro atoms. The molecule has 148 valence electrons. The quantitative estimate of drug-likeness (QED) is 0.263. The lowest BCUT2D eigenvalue weighted by atomic mass is 10.2. The minimum absolute atomic E-state index is 0. The maximum atomic E-state index is 6.10. The van der Waals surface area contributed by atoms with Gasteiger partial charge in [0, 0.05) is 50.0 Å². The van der Waals surface area contributed by atoms with Gasteiger partial charge < -0.3 is 20.1 Å². The van der Waals surface area contributed by atoms with Crippen molar-refractivity contribution >= 4 is 47.2 Å². The molecule has 1 aliphatic rings. The number of anilines is 1. The highest BCUT2D eigenvalue weighted by atomic mass is 127. The number of benzene rings is 1. The summed E-state index contributed by atoms with van der Waals surface area (Å²) in [5.41, 5.74) is 1.18. The van der Waals surface area contributed by atoms with Crippen LogP contribution in [0.5, 0.6) is 0 Å². The van der Waals surface area contributed by atoms with Crippen LogP contribution in [0.4, 0.5) is 5.69 Å². The molecule has 2 heterocycles. The molecule has 0 aliphatic carbocycles. The molecule has 0 radical (unpaired) electrons. The first kappa shape index (κ1) is 21.7. The molecule has 3 rings (SSSR count). The van der Waals surface area contributed by atoms with Crippen LogP contribution in [0.25, 0.3) is 0 Å². The number of unbranched alkanes of at least 4 members (excludes halogenated alkanes) is 1. The first-order valence-corrected chi connectivity index (χ1v) is 9.42. The molecular formula is C18H27ClIN7. The van der Waals surface area contributed by atoms with Gasteiger partial charge in [-0.1, -0.05) is 17.7 Å². The third kappa shape index (κ3) is 6.84. The van der Waals surface area contributed by atoms with Gasteiger partial charge in [0.05, 0.1) is 0 Å². The van der Waals surface area contributed by atoms with Gasteiger partial charge in [0.2, 0.25) is 0 Å². The Morgan fingerprint density at radius 1 is 1.30 bits per heavy atom. The molecule has 1 aliphatic heterocycles. The number of hydrogen-bond acceptors (Lipinski definition) is 4. The van der Waals surface area contributed by atoms with E-state index in [-0.39, 0.29) is 24.0 Å². The van der Waals surface area contributed by atoms with E-state index >= 15 is 0 Å². The monoisotopic (exact) mass is 503 g/mol. The number of hydrogen-bond donors (Lipinski definition) is 2. The maximum Gasteiger partial charge on any atom is 0.191 e. The van der Waals surface area contributed by atoms with Crippen LogP contribution >= 0.6 is 35.6 Å². The van der Waals surface area contributed by atoms with Crippen LogP contribution in [0.1, 0.15) is 19.3 Å². The first-order chi connectivity index (χ1) is 12.7. The summed E-state index contributed by atoms with van der Waals surface area (Å²) in [6.45, 7) is 3.81. The smallest absolute Gasteiger partial charge is 0.191 e. The topological polar surface area (TPSA) is 70.4 Å². The fraction of sp³-hybridized carbons (Fsp3) is 0.500. The van der Waals surface area contributed by atoms with Gasteiger partial charge in [-0.15, -0.1) is 34.2 Å². The van der Waals surface area contributed by atoms with Crippen LogP contribution in [0, 0.1) is 0 Å². The average Bonchev–Trinajstić information content (AvgIpc) is 3.32. The number of aryl methyl sites for hydroxylation is 1. The Labute approximate surface area is 182 Å². The van der Waals surface area contributed by atoms with E-state index in [1.54, 1.807) is 12.7 Å². The number of aromatic nitrogens is 3. The Hall–Kier alpha value is -1.55. The fourth-order valence-electron chi connectivity index (χ4n) is 3.14. The van der Waals surface area contributed by atoms with Gasteiger partial charge in [-0.25, -0.2) is 0 Å². The number of nitrogens with zero attached hydrogens (tertiary/aromatic N) is 5. The first-order valence-electron chi connectivity index (χ1n) is 9.04. The Morgan fingerprint density at radius 2 is 2.11 bits per heavy atom. The van der Waals surface area contributed by atoms with E-state index in [2.05, 4.69) is 36.8 Å². The zero-order chi connectivity index (χ0) is 18.2. The molecule has 0 saturated carbocycles. The van der Waals surface area contributed by atoms with E-state index in [0.29, 0.717) is 6.04 Å². The van der Waals surface area contributed by atoms with Crippen molar-refractivity contribution in [3.05, 3.63) is 41.9 Å². The molecule has 1 aromatic heterocycles. The van der Waals surface area contributed by atoms with Crippen molar-refractivity contribution in [1.29, 1.82) is 0 Å².